The first kappa shape index (κ1) is 20.7. The van der Waals surface area contributed by atoms with Crippen LogP contribution < -0.4 is 4.72 Å². The summed E-state index contributed by atoms with van der Waals surface area (Å²) in [4.78, 5) is 0.475. The molecule has 2 aromatic rings. The number of alkyl halides is 3. The highest BCUT2D eigenvalue weighted by Gasteiger charge is 2.30. The number of nitrogens with one attached hydrogen (secondary N) is 1. The van der Waals surface area contributed by atoms with E-state index in [0.29, 0.717) is 22.7 Å². The average molecular weight is 417 g/mol. The molecule has 11 heteroatoms. The van der Waals surface area contributed by atoms with Crippen molar-refractivity contribution in [3.63, 3.8) is 0 Å². The van der Waals surface area contributed by atoms with Crippen LogP contribution in [0.15, 0.2) is 23.1 Å². The van der Waals surface area contributed by atoms with Crippen molar-refractivity contribution in [1.29, 1.82) is 0 Å². The van der Waals surface area contributed by atoms with Gasteiger partial charge in [-0.05, 0) is 42.3 Å². The molecule has 1 N–H and O–H groups in total. The van der Waals surface area contributed by atoms with Gasteiger partial charge in [0.25, 0.3) is 0 Å². The van der Waals surface area contributed by atoms with Crippen LogP contribution in [0, 0.1) is 5.92 Å². The van der Waals surface area contributed by atoms with E-state index in [0.717, 1.165) is 31.2 Å². The fourth-order valence-corrected chi connectivity index (χ4v) is 4.26. The summed E-state index contributed by atoms with van der Waals surface area (Å²) < 4.78 is 64.3. The van der Waals surface area contributed by atoms with Gasteiger partial charge in [0.1, 0.15) is 0 Å². The zero-order valence-electron chi connectivity index (χ0n) is 15.4. The number of aromatic nitrogens is 4. The van der Waals surface area contributed by atoms with Gasteiger partial charge in [0.15, 0.2) is 6.54 Å². The first-order valence-electron chi connectivity index (χ1n) is 9.09. The summed E-state index contributed by atoms with van der Waals surface area (Å²) in [7, 11) is -2.42. The molecule has 7 nitrogen and oxygen atoms in total. The monoisotopic (exact) mass is 417 g/mol. The largest absolute Gasteiger partial charge is 0.409 e. The SMILES string of the molecule is CNS(=O)(=O)c1ccc(CC2CCCCC2)c(-c2nnn(CC(F)(F)F)n2)c1. The number of benzene rings is 1. The van der Waals surface area contributed by atoms with Gasteiger partial charge in [0, 0.05) is 5.56 Å². The number of sulfonamides is 1. The topological polar surface area (TPSA) is 89.8 Å². The Morgan fingerprint density at radius 2 is 1.93 bits per heavy atom. The van der Waals surface area contributed by atoms with E-state index in [1.54, 1.807) is 6.07 Å². The third-order valence-electron chi connectivity index (χ3n) is 4.91. The van der Waals surface area contributed by atoms with Crippen LogP contribution in [0.5, 0.6) is 0 Å². The van der Waals surface area contributed by atoms with Crippen molar-refractivity contribution in [2.75, 3.05) is 7.05 Å². The lowest BCUT2D eigenvalue weighted by Crippen LogP contribution is -2.20. The van der Waals surface area contributed by atoms with E-state index in [1.165, 1.54) is 25.6 Å². The zero-order valence-corrected chi connectivity index (χ0v) is 16.2. The quantitative estimate of drug-likeness (QED) is 0.781. The van der Waals surface area contributed by atoms with Gasteiger partial charge in [-0.1, -0.05) is 38.2 Å². The Balaban J connectivity index is 1.98. The van der Waals surface area contributed by atoms with E-state index in [2.05, 4.69) is 20.1 Å². The molecule has 3 rings (SSSR count). The Morgan fingerprint density at radius 3 is 2.57 bits per heavy atom. The number of rotatable bonds is 6. The molecular formula is C17H22F3N5O2S. The van der Waals surface area contributed by atoms with Gasteiger partial charge >= 0.3 is 6.18 Å². The third-order valence-corrected chi connectivity index (χ3v) is 6.32. The molecule has 1 aromatic heterocycles. The second kappa shape index (κ2) is 8.16. The third kappa shape index (κ3) is 5.07. The predicted molar refractivity (Wildman–Crippen MR) is 95.8 cm³/mol. The molecular weight excluding hydrogens is 395 g/mol. The number of tetrazole rings is 1. The van der Waals surface area contributed by atoms with Gasteiger partial charge in [-0.15, -0.1) is 10.2 Å². The van der Waals surface area contributed by atoms with E-state index in [1.807, 2.05) is 0 Å². The molecule has 1 heterocycles. The molecule has 0 amide bonds. The first-order valence-corrected chi connectivity index (χ1v) is 10.6. The lowest BCUT2D eigenvalue weighted by molar-refractivity contribution is -0.145. The summed E-state index contributed by atoms with van der Waals surface area (Å²) in [6, 6.07) is 4.59. The van der Waals surface area contributed by atoms with E-state index in [-0.39, 0.29) is 10.7 Å². The molecule has 28 heavy (non-hydrogen) atoms. The number of nitrogens with zero attached hydrogens (tertiary/aromatic N) is 4. The summed E-state index contributed by atoms with van der Waals surface area (Å²) in [6.45, 7) is -1.35. The summed E-state index contributed by atoms with van der Waals surface area (Å²) in [5, 5.41) is 11.0. The van der Waals surface area contributed by atoms with Gasteiger partial charge in [-0.2, -0.15) is 18.0 Å². The Labute approximate surface area is 161 Å². The maximum absolute atomic E-state index is 12.6. The maximum Gasteiger partial charge on any atom is 0.409 e. The van der Waals surface area contributed by atoms with Crippen LogP contribution in [0.2, 0.25) is 0 Å². The second-order valence-corrected chi connectivity index (χ2v) is 8.88. The van der Waals surface area contributed by atoms with Gasteiger partial charge in [0.2, 0.25) is 15.8 Å². The minimum atomic E-state index is -4.47. The number of hydrogen-bond acceptors (Lipinski definition) is 5. The van der Waals surface area contributed by atoms with Gasteiger partial charge in [-0.25, -0.2) is 13.1 Å². The van der Waals surface area contributed by atoms with Crippen molar-refractivity contribution in [2.45, 2.75) is 56.1 Å². The molecule has 154 valence electrons. The Kier molecular flexibility index (Phi) is 6.04. The lowest BCUT2D eigenvalue weighted by Gasteiger charge is -2.22. The molecule has 0 bridgehead atoms. The predicted octanol–water partition coefficient (Wildman–Crippen LogP) is 2.93. The summed E-state index contributed by atoms with van der Waals surface area (Å²) >= 11 is 0. The highest BCUT2D eigenvalue weighted by atomic mass is 32.2. The average Bonchev–Trinajstić information content (AvgIpc) is 3.09. The van der Waals surface area contributed by atoms with Crippen molar-refractivity contribution in [3.8, 4) is 11.4 Å². The van der Waals surface area contributed by atoms with Gasteiger partial charge in [0.05, 0.1) is 4.90 Å². The van der Waals surface area contributed by atoms with Crippen LogP contribution in [-0.4, -0.2) is 41.8 Å². The van der Waals surface area contributed by atoms with E-state index in [4.69, 9.17) is 0 Å². The Bertz CT molecular complexity index is 921. The fraction of sp³-hybridized carbons (Fsp3) is 0.588. The zero-order chi connectivity index (χ0) is 20.4. The van der Waals surface area contributed by atoms with Crippen molar-refractivity contribution in [3.05, 3.63) is 23.8 Å². The van der Waals surface area contributed by atoms with E-state index < -0.39 is 22.7 Å². The van der Waals surface area contributed by atoms with Crippen LogP contribution in [-0.2, 0) is 23.0 Å². The molecule has 1 aromatic carbocycles. The van der Waals surface area contributed by atoms with Crippen LogP contribution in [0.4, 0.5) is 13.2 Å². The standard InChI is InChI=1S/C17H22F3N5O2S/c1-21-28(26,27)14-8-7-13(9-12-5-3-2-4-6-12)15(10-14)16-22-24-25(23-16)11-17(18,19)20/h7-8,10,12,21H,2-6,9,11H2,1H3. The molecule has 0 aliphatic heterocycles. The van der Waals surface area contributed by atoms with Crippen LogP contribution in [0.25, 0.3) is 11.4 Å². The Morgan fingerprint density at radius 1 is 1.21 bits per heavy atom. The molecule has 1 saturated carbocycles. The Hall–Kier alpha value is -2.01. The molecule has 0 unspecified atom stereocenters. The molecule has 0 spiro atoms. The molecule has 0 saturated heterocycles. The van der Waals surface area contributed by atoms with Crippen molar-refractivity contribution < 1.29 is 21.6 Å². The number of hydrogen-bond donors (Lipinski definition) is 1. The lowest BCUT2D eigenvalue weighted by atomic mass is 9.84. The highest BCUT2D eigenvalue weighted by molar-refractivity contribution is 7.89. The van der Waals surface area contributed by atoms with Crippen LogP contribution >= 0.6 is 0 Å². The summed E-state index contributed by atoms with van der Waals surface area (Å²) in [5.74, 6) is 0.438. The summed E-state index contributed by atoms with van der Waals surface area (Å²) in [5.41, 5.74) is 1.21. The van der Waals surface area contributed by atoms with E-state index in [9.17, 15) is 21.6 Å². The van der Waals surface area contributed by atoms with Crippen molar-refractivity contribution in [1.82, 2.24) is 24.9 Å². The maximum atomic E-state index is 12.6. The molecule has 0 radical (unpaired) electrons. The van der Waals surface area contributed by atoms with Gasteiger partial charge in [-0.3, -0.25) is 0 Å². The van der Waals surface area contributed by atoms with Crippen LogP contribution in [0.1, 0.15) is 37.7 Å². The smallest absolute Gasteiger partial charge is 0.214 e. The van der Waals surface area contributed by atoms with E-state index >= 15 is 0 Å². The minimum absolute atomic E-state index is 0.00423. The molecule has 1 aliphatic rings. The van der Waals surface area contributed by atoms with Crippen LogP contribution in [0.3, 0.4) is 0 Å². The fourth-order valence-electron chi connectivity index (χ4n) is 3.51. The molecule has 1 aliphatic carbocycles. The summed E-state index contributed by atoms with van der Waals surface area (Å²) in [6.07, 6.45) is 1.87. The second-order valence-electron chi connectivity index (χ2n) is 6.99. The van der Waals surface area contributed by atoms with Crippen molar-refractivity contribution >= 4 is 10.0 Å². The minimum Gasteiger partial charge on any atom is -0.214 e. The highest BCUT2D eigenvalue weighted by Crippen LogP contribution is 2.31. The first-order chi connectivity index (χ1) is 13.2. The molecule has 1 fully saturated rings. The normalized spacial score (nSPS) is 16.4. The van der Waals surface area contributed by atoms with Crippen molar-refractivity contribution in [2.24, 2.45) is 5.92 Å². The molecule has 0 atom stereocenters. The number of halogens is 3. The van der Waals surface area contributed by atoms with Gasteiger partial charge < -0.3 is 0 Å².